The molecule has 6 nitrogen and oxygen atoms in total. The molecule has 2 amide bonds. The first-order chi connectivity index (χ1) is 13.8. The van der Waals surface area contributed by atoms with Crippen LogP contribution in [-0.2, 0) is 0 Å². The van der Waals surface area contributed by atoms with Crippen LogP contribution >= 0.6 is 0 Å². The summed E-state index contributed by atoms with van der Waals surface area (Å²) >= 11 is 0. The summed E-state index contributed by atoms with van der Waals surface area (Å²) in [6.45, 7) is 7.63. The molecular weight excluding hydrogens is 366 g/mol. The standard InChI is InChI=1S/C23H27N3O3/c1-14-6-5-7-19(12-14)24-23(29)26(8-9-27)17(4)20-13-18-11-15(2)10-16(3)21(18)25-22(20)28/h5-7,10-13,17,27H,8-9H2,1-4H3,(H,24,29)(H,25,28). The average Bonchev–Trinajstić information content (AvgIpc) is 2.65. The number of hydrogen-bond acceptors (Lipinski definition) is 3. The molecule has 0 saturated carbocycles. The van der Waals surface area contributed by atoms with E-state index in [0.29, 0.717) is 11.3 Å². The lowest BCUT2D eigenvalue weighted by molar-refractivity contribution is 0.167. The van der Waals surface area contributed by atoms with Gasteiger partial charge in [0.2, 0.25) is 0 Å². The lowest BCUT2D eigenvalue weighted by atomic mass is 10.0. The summed E-state index contributed by atoms with van der Waals surface area (Å²) < 4.78 is 0. The van der Waals surface area contributed by atoms with E-state index >= 15 is 0 Å². The number of carbonyl (C=O) groups is 1. The van der Waals surface area contributed by atoms with Crippen LogP contribution in [0.15, 0.2) is 47.3 Å². The predicted octanol–water partition coefficient (Wildman–Crippen LogP) is 4.04. The number of pyridine rings is 1. The Bertz CT molecular complexity index is 1100. The lowest BCUT2D eigenvalue weighted by Crippen LogP contribution is -2.40. The number of urea groups is 1. The SMILES string of the molecule is Cc1cccc(NC(=O)N(CCO)C(C)c2cc3cc(C)cc(C)c3[nH]c2=O)c1. The minimum atomic E-state index is -0.513. The molecule has 0 aliphatic carbocycles. The van der Waals surface area contributed by atoms with E-state index in [1.54, 1.807) is 13.0 Å². The molecule has 29 heavy (non-hydrogen) atoms. The Hall–Kier alpha value is -3.12. The van der Waals surface area contributed by atoms with Crippen molar-refractivity contribution in [1.82, 2.24) is 9.88 Å². The molecule has 0 aliphatic heterocycles. The summed E-state index contributed by atoms with van der Waals surface area (Å²) in [5.41, 5.74) is 4.85. The quantitative estimate of drug-likeness (QED) is 0.611. The van der Waals surface area contributed by atoms with Gasteiger partial charge in [0.25, 0.3) is 5.56 Å². The van der Waals surface area contributed by atoms with E-state index in [2.05, 4.69) is 10.3 Å². The summed E-state index contributed by atoms with van der Waals surface area (Å²) in [7, 11) is 0. The van der Waals surface area contributed by atoms with Crippen LogP contribution in [0, 0.1) is 20.8 Å². The smallest absolute Gasteiger partial charge is 0.322 e. The summed E-state index contributed by atoms with van der Waals surface area (Å²) in [5.74, 6) is 0. The third-order valence-corrected chi connectivity index (χ3v) is 5.11. The molecule has 3 aromatic rings. The number of aromatic nitrogens is 1. The molecule has 2 aromatic carbocycles. The van der Waals surface area contributed by atoms with Gasteiger partial charge < -0.3 is 20.3 Å². The third-order valence-electron chi connectivity index (χ3n) is 5.11. The molecule has 0 bridgehead atoms. The highest BCUT2D eigenvalue weighted by Crippen LogP contribution is 2.24. The summed E-state index contributed by atoms with van der Waals surface area (Å²) in [6.07, 6.45) is 0. The number of benzene rings is 2. The first-order valence-corrected chi connectivity index (χ1v) is 9.69. The lowest BCUT2D eigenvalue weighted by Gasteiger charge is -2.29. The highest BCUT2D eigenvalue weighted by molar-refractivity contribution is 5.90. The highest BCUT2D eigenvalue weighted by atomic mass is 16.3. The second-order valence-electron chi connectivity index (χ2n) is 7.49. The number of aromatic amines is 1. The van der Waals surface area contributed by atoms with Gasteiger partial charge in [-0.3, -0.25) is 4.79 Å². The number of aryl methyl sites for hydroxylation is 3. The van der Waals surface area contributed by atoms with Crippen LogP contribution in [0.4, 0.5) is 10.5 Å². The largest absolute Gasteiger partial charge is 0.395 e. The molecule has 6 heteroatoms. The third kappa shape index (κ3) is 4.49. The van der Waals surface area contributed by atoms with E-state index < -0.39 is 6.04 Å². The number of aliphatic hydroxyl groups is 1. The van der Waals surface area contributed by atoms with Crippen molar-refractivity contribution in [1.29, 1.82) is 0 Å². The van der Waals surface area contributed by atoms with Gasteiger partial charge in [0.1, 0.15) is 0 Å². The number of carbonyl (C=O) groups excluding carboxylic acids is 1. The summed E-state index contributed by atoms with van der Waals surface area (Å²) in [5, 5.41) is 13.3. The number of fused-ring (bicyclic) bond motifs is 1. The Morgan fingerprint density at radius 3 is 2.59 bits per heavy atom. The minimum absolute atomic E-state index is 0.114. The number of aliphatic hydroxyl groups excluding tert-OH is 1. The molecule has 0 saturated heterocycles. The molecule has 152 valence electrons. The van der Waals surface area contributed by atoms with Gasteiger partial charge in [0.05, 0.1) is 18.2 Å². The number of nitrogens with zero attached hydrogens (tertiary/aromatic N) is 1. The normalized spacial score (nSPS) is 12.0. The number of amides is 2. The Balaban J connectivity index is 1.96. The van der Waals surface area contributed by atoms with Crippen LogP contribution in [0.5, 0.6) is 0 Å². The summed E-state index contributed by atoms with van der Waals surface area (Å²) in [6, 6.07) is 12.5. The topological polar surface area (TPSA) is 85.4 Å². The number of H-pyrrole nitrogens is 1. The molecule has 3 N–H and O–H groups in total. The van der Waals surface area contributed by atoms with Crippen molar-refractivity contribution in [2.45, 2.75) is 33.7 Å². The fourth-order valence-corrected chi connectivity index (χ4v) is 3.68. The zero-order chi connectivity index (χ0) is 21.1. The second-order valence-corrected chi connectivity index (χ2v) is 7.49. The molecule has 0 fully saturated rings. The van der Waals surface area contributed by atoms with Crippen molar-refractivity contribution in [2.24, 2.45) is 0 Å². The van der Waals surface area contributed by atoms with Gasteiger partial charge in [-0.15, -0.1) is 0 Å². The molecule has 3 rings (SSSR count). The maximum Gasteiger partial charge on any atom is 0.322 e. The van der Waals surface area contributed by atoms with E-state index in [1.165, 1.54) is 4.90 Å². The fourth-order valence-electron chi connectivity index (χ4n) is 3.68. The van der Waals surface area contributed by atoms with Crippen molar-refractivity contribution in [3.8, 4) is 0 Å². The number of nitrogens with one attached hydrogen (secondary N) is 2. The van der Waals surface area contributed by atoms with E-state index in [0.717, 1.165) is 27.6 Å². The first-order valence-electron chi connectivity index (χ1n) is 9.69. The Labute approximate surface area is 170 Å². The van der Waals surface area contributed by atoms with Crippen molar-refractivity contribution < 1.29 is 9.90 Å². The van der Waals surface area contributed by atoms with Gasteiger partial charge in [-0.05, 0) is 68.5 Å². The first kappa shape index (κ1) is 20.6. The van der Waals surface area contributed by atoms with Crippen molar-refractivity contribution in [3.63, 3.8) is 0 Å². The van der Waals surface area contributed by atoms with Gasteiger partial charge in [0, 0.05) is 17.8 Å². The monoisotopic (exact) mass is 393 g/mol. The van der Waals surface area contributed by atoms with Crippen molar-refractivity contribution >= 4 is 22.6 Å². The molecule has 1 atom stereocenters. The van der Waals surface area contributed by atoms with Crippen LogP contribution in [0.25, 0.3) is 10.9 Å². The van der Waals surface area contributed by atoms with Crippen LogP contribution < -0.4 is 10.9 Å². The van der Waals surface area contributed by atoms with Crippen LogP contribution in [0.3, 0.4) is 0 Å². The molecule has 0 radical (unpaired) electrons. The van der Waals surface area contributed by atoms with Gasteiger partial charge >= 0.3 is 6.03 Å². The van der Waals surface area contributed by atoms with Gasteiger partial charge in [0.15, 0.2) is 0 Å². The van der Waals surface area contributed by atoms with Gasteiger partial charge in [-0.25, -0.2) is 4.79 Å². The average molecular weight is 393 g/mol. The van der Waals surface area contributed by atoms with Crippen LogP contribution in [0.1, 0.15) is 35.2 Å². The highest BCUT2D eigenvalue weighted by Gasteiger charge is 2.24. The van der Waals surface area contributed by atoms with Gasteiger partial charge in [-0.2, -0.15) is 0 Å². The maximum absolute atomic E-state index is 12.9. The zero-order valence-corrected chi connectivity index (χ0v) is 17.2. The molecule has 0 aliphatic rings. The van der Waals surface area contributed by atoms with Crippen LogP contribution in [0.2, 0.25) is 0 Å². The van der Waals surface area contributed by atoms with E-state index in [1.807, 2.05) is 57.2 Å². The molecule has 1 heterocycles. The molecule has 1 unspecified atom stereocenters. The van der Waals surface area contributed by atoms with Crippen molar-refractivity contribution in [2.75, 3.05) is 18.5 Å². The zero-order valence-electron chi connectivity index (χ0n) is 17.2. The van der Waals surface area contributed by atoms with E-state index in [9.17, 15) is 14.7 Å². The molecular formula is C23H27N3O3. The van der Waals surface area contributed by atoms with Gasteiger partial charge in [-0.1, -0.05) is 23.8 Å². The van der Waals surface area contributed by atoms with Crippen LogP contribution in [-0.4, -0.2) is 34.2 Å². The fraction of sp³-hybridized carbons (Fsp3) is 0.304. The molecule has 0 spiro atoms. The molecule has 1 aromatic heterocycles. The minimum Gasteiger partial charge on any atom is -0.395 e. The van der Waals surface area contributed by atoms with E-state index in [4.69, 9.17) is 0 Å². The number of anilines is 1. The predicted molar refractivity (Wildman–Crippen MR) is 116 cm³/mol. The second kappa shape index (κ2) is 8.49. The maximum atomic E-state index is 12.9. The van der Waals surface area contributed by atoms with Crippen molar-refractivity contribution in [3.05, 3.63) is 75.1 Å². The number of hydrogen-bond donors (Lipinski definition) is 3. The number of rotatable bonds is 5. The van der Waals surface area contributed by atoms with E-state index in [-0.39, 0.29) is 24.7 Å². The Morgan fingerprint density at radius 2 is 1.90 bits per heavy atom. The Kier molecular flexibility index (Phi) is 6.03. The summed E-state index contributed by atoms with van der Waals surface area (Å²) in [4.78, 5) is 30.1. The Morgan fingerprint density at radius 1 is 1.14 bits per heavy atom.